The van der Waals surface area contributed by atoms with Crippen LogP contribution in [0.2, 0.25) is 0 Å². The lowest BCUT2D eigenvalue weighted by atomic mass is 9.94. The van der Waals surface area contributed by atoms with Crippen LogP contribution in [0.15, 0.2) is 12.4 Å². The first kappa shape index (κ1) is 13.3. The molecule has 0 bridgehead atoms. The Morgan fingerprint density at radius 2 is 1.81 bits per heavy atom. The predicted octanol–water partition coefficient (Wildman–Crippen LogP) is 4.27. The zero-order chi connectivity index (χ0) is 11.8. The molecule has 92 valence electrons. The summed E-state index contributed by atoms with van der Waals surface area (Å²) in [5.74, 6) is 1.95. The summed E-state index contributed by atoms with van der Waals surface area (Å²) in [6, 6.07) is 0. The van der Waals surface area contributed by atoms with E-state index in [0.717, 1.165) is 0 Å². The zero-order valence-corrected chi connectivity index (χ0v) is 11.1. The van der Waals surface area contributed by atoms with Crippen molar-refractivity contribution in [2.24, 2.45) is 7.05 Å². The largest absolute Gasteiger partial charge is 0.338 e. The molecule has 2 heteroatoms. The van der Waals surface area contributed by atoms with Crippen molar-refractivity contribution in [1.82, 2.24) is 9.55 Å². The lowest BCUT2D eigenvalue weighted by molar-refractivity contribution is 0.484. The van der Waals surface area contributed by atoms with Crippen LogP contribution in [0.5, 0.6) is 0 Å². The van der Waals surface area contributed by atoms with Gasteiger partial charge in [-0.2, -0.15) is 0 Å². The molecule has 1 heterocycles. The topological polar surface area (TPSA) is 17.8 Å². The van der Waals surface area contributed by atoms with Crippen molar-refractivity contribution < 1.29 is 0 Å². The van der Waals surface area contributed by atoms with Crippen LogP contribution < -0.4 is 0 Å². The molecule has 1 aromatic rings. The molecule has 0 aromatic carbocycles. The fraction of sp³-hybridized carbons (Fsp3) is 0.786. The maximum atomic E-state index is 4.51. The molecule has 0 spiro atoms. The lowest BCUT2D eigenvalue weighted by Crippen LogP contribution is -2.06. The van der Waals surface area contributed by atoms with Crippen molar-refractivity contribution in [1.29, 1.82) is 0 Å². The average molecular weight is 222 g/mol. The number of aryl methyl sites for hydroxylation is 1. The van der Waals surface area contributed by atoms with Gasteiger partial charge in [0, 0.05) is 25.4 Å². The summed E-state index contributed by atoms with van der Waals surface area (Å²) in [5, 5.41) is 0. The van der Waals surface area contributed by atoms with Gasteiger partial charge in [-0.1, -0.05) is 46.0 Å². The number of hydrogen-bond donors (Lipinski definition) is 0. The molecular weight excluding hydrogens is 196 g/mol. The van der Waals surface area contributed by atoms with E-state index in [1.165, 1.54) is 50.8 Å². The van der Waals surface area contributed by atoms with Crippen molar-refractivity contribution in [3.63, 3.8) is 0 Å². The van der Waals surface area contributed by atoms with Crippen LogP contribution in [0.3, 0.4) is 0 Å². The van der Waals surface area contributed by atoms with Crippen molar-refractivity contribution in [2.75, 3.05) is 0 Å². The monoisotopic (exact) mass is 222 g/mol. The second kappa shape index (κ2) is 7.48. The molecule has 0 fully saturated rings. The van der Waals surface area contributed by atoms with Gasteiger partial charge in [0.15, 0.2) is 0 Å². The summed E-state index contributed by atoms with van der Waals surface area (Å²) < 4.78 is 2.19. The number of nitrogens with zero attached hydrogens (tertiary/aromatic N) is 2. The van der Waals surface area contributed by atoms with Crippen LogP contribution in [0.4, 0.5) is 0 Å². The van der Waals surface area contributed by atoms with Gasteiger partial charge in [0.25, 0.3) is 0 Å². The van der Waals surface area contributed by atoms with E-state index >= 15 is 0 Å². The second-order valence-electron chi connectivity index (χ2n) is 4.73. The van der Waals surface area contributed by atoms with Crippen LogP contribution in [-0.2, 0) is 7.05 Å². The Balaban J connectivity index is 2.53. The van der Waals surface area contributed by atoms with Gasteiger partial charge in [0.05, 0.1) is 0 Å². The molecule has 0 N–H and O–H groups in total. The van der Waals surface area contributed by atoms with Gasteiger partial charge in [0.1, 0.15) is 5.82 Å². The number of rotatable bonds is 8. The van der Waals surface area contributed by atoms with Gasteiger partial charge in [-0.15, -0.1) is 0 Å². The molecular formula is C14H26N2. The third-order valence-electron chi connectivity index (χ3n) is 3.29. The van der Waals surface area contributed by atoms with Crippen molar-refractivity contribution in [3.05, 3.63) is 18.2 Å². The van der Waals surface area contributed by atoms with Crippen molar-refractivity contribution in [2.45, 2.75) is 64.7 Å². The Hall–Kier alpha value is -0.790. The standard InChI is InChI=1S/C14H26N2/c1-4-6-8-10-13(9-7-5-2)14-15-11-12-16(14)3/h11-13H,4-10H2,1-3H3. The molecule has 1 unspecified atom stereocenters. The van der Waals surface area contributed by atoms with Crippen LogP contribution in [0, 0.1) is 0 Å². The molecule has 1 rings (SSSR count). The fourth-order valence-corrected chi connectivity index (χ4v) is 2.26. The van der Waals surface area contributed by atoms with E-state index in [4.69, 9.17) is 0 Å². The highest BCUT2D eigenvalue weighted by Crippen LogP contribution is 2.26. The molecule has 2 nitrogen and oxygen atoms in total. The Bertz CT molecular complexity index is 278. The smallest absolute Gasteiger partial charge is 0.111 e. The average Bonchev–Trinajstić information content (AvgIpc) is 2.70. The quantitative estimate of drug-likeness (QED) is 0.600. The van der Waals surface area contributed by atoms with Crippen LogP contribution in [-0.4, -0.2) is 9.55 Å². The first-order valence-electron chi connectivity index (χ1n) is 6.76. The molecule has 0 saturated carbocycles. The minimum absolute atomic E-state index is 0.673. The van der Waals surface area contributed by atoms with Crippen molar-refractivity contribution in [3.8, 4) is 0 Å². The predicted molar refractivity (Wildman–Crippen MR) is 69.6 cm³/mol. The van der Waals surface area contributed by atoms with E-state index in [0.29, 0.717) is 5.92 Å². The minimum atomic E-state index is 0.673. The normalized spacial score (nSPS) is 12.9. The van der Waals surface area contributed by atoms with E-state index < -0.39 is 0 Å². The molecule has 0 amide bonds. The lowest BCUT2D eigenvalue weighted by Gasteiger charge is -2.16. The fourth-order valence-electron chi connectivity index (χ4n) is 2.26. The van der Waals surface area contributed by atoms with Crippen LogP contribution >= 0.6 is 0 Å². The van der Waals surface area contributed by atoms with Gasteiger partial charge in [0.2, 0.25) is 0 Å². The summed E-state index contributed by atoms with van der Waals surface area (Å²) in [5.41, 5.74) is 0. The maximum Gasteiger partial charge on any atom is 0.111 e. The summed E-state index contributed by atoms with van der Waals surface area (Å²) in [6.45, 7) is 4.53. The number of aromatic nitrogens is 2. The second-order valence-corrected chi connectivity index (χ2v) is 4.73. The summed E-state index contributed by atoms with van der Waals surface area (Å²) in [6.07, 6.45) is 13.2. The van der Waals surface area contributed by atoms with Gasteiger partial charge in [-0.25, -0.2) is 4.98 Å². The molecule has 16 heavy (non-hydrogen) atoms. The molecule has 0 aliphatic carbocycles. The third kappa shape index (κ3) is 3.99. The summed E-state index contributed by atoms with van der Waals surface area (Å²) in [4.78, 5) is 4.51. The summed E-state index contributed by atoms with van der Waals surface area (Å²) >= 11 is 0. The molecule has 1 aromatic heterocycles. The highest BCUT2D eigenvalue weighted by atomic mass is 15.0. The van der Waals surface area contributed by atoms with Crippen molar-refractivity contribution >= 4 is 0 Å². The van der Waals surface area contributed by atoms with E-state index in [1.807, 2.05) is 6.20 Å². The zero-order valence-electron chi connectivity index (χ0n) is 11.1. The van der Waals surface area contributed by atoms with E-state index in [2.05, 4.69) is 36.6 Å². The van der Waals surface area contributed by atoms with E-state index in [-0.39, 0.29) is 0 Å². The first-order chi connectivity index (χ1) is 7.79. The molecule has 0 aliphatic rings. The third-order valence-corrected chi connectivity index (χ3v) is 3.29. The van der Waals surface area contributed by atoms with Gasteiger partial charge >= 0.3 is 0 Å². The maximum absolute atomic E-state index is 4.51. The first-order valence-corrected chi connectivity index (χ1v) is 6.76. The summed E-state index contributed by atoms with van der Waals surface area (Å²) in [7, 11) is 2.11. The number of imidazole rings is 1. The molecule has 1 atom stereocenters. The molecule has 0 radical (unpaired) electrons. The Morgan fingerprint density at radius 1 is 1.12 bits per heavy atom. The Kier molecular flexibility index (Phi) is 6.20. The van der Waals surface area contributed by atoms with Crippen LogP contribution in [0.25, 0.3) is 0 Å². The van der Waals surface area contributed by atoms with E-state index in [1.54, 1.807) is 0 Å². The highest BCUT2D eigenvalue weighted by Gasteiger charge is 2.14. The molecule has 0 saturated heterocycles. The SMILES string of the molecule is CCCCCC(CCCC)c1nccn1C. The molecule has 0 aliphatic heterocycles. The number of unbranched alkanes of at least 4 members (excludes halogenated alkanes) is 3. The van der Waals surface area contributed by atoms with Gasteiger partial charge in [-0.05, 0) is 12.8 Å². The van der Waals surface area contributed by atoms with Gasteiger partial charge in [-0.3, -0.25) is 0 Å². The van der Waals surface area contributed by atoms with Crippen LogP contribution in [0.1, 0.15) is 70.5 Å². The highest BCUT2D eigenvalue weighted by molar-refractivity contribution is 4.99. The Morgan fingerprint density at radius 3 is 2.38 bits per heavy atom. The van der Waals surface area contributed by atoms with Gasteiger partial charge < -0.3 is 4.57 Å². The number of hydrogen-bond acceptors (Lipinski definition) is 1. The minimum Gasteiger partial charge on any atom is -0.338 e. The Labute approximate surface area is 100 Å². The van der Waals surface area contributed by atoms with E-state index in [9.17, 15) is 0 Å².